The van der Waals surface area contributed by atoms with Crippen LogP contribution in [0.15, 0.2) is 0 Å². The summed E-state index contributed by atoms with van der Waals surface area (Å²) in [5, 5.41) is 0. The van der Waals surface area contributed by atoms with Crippen LogP contribution in [-0.4, -0.2) is 38.1 Å². The van der Waals surface area contributed by atoms with Crippen LogP contribution in [0, 0.1) is 5.92 Å². The van der Waals surface area contributed by atoms with Crippen LogP contribution in [0.4, 0.5) is 0 Å². The second kappa shape index (κ2) is 10.9. The van der Waals surface area contributed by atoms with Crippen molar-refractivity contribution in [3.05, 3.63) is 0 Å². The zero-order valence-electron chi connectivity index (χ0n) is 11.1. The first-order valence-electron chi connectivity index (χ1n) is 6.40. The van der Waals surface area contributed by atoms with Gasteiger partial charge < -0.3 is 9.64 Å². The van der Waals surface area contributed by atoms with E-state index in [1.54, 1.807) is 11.9 Å². The van der Waals surface area contributed by atoms with Crippen LogP contribution in [-0.2, 0) is 9.53 Å². The summed E-state index contributed by atoms with van der Waals surface area (Å²) in [6, 6.07) is 0. The minimum absolute atomic E-state index is 0.805. The van der Waals surface area contributed by atoms with Crippen molar-refractivity contribution >= 4 is 6.41 Å². The summed E-state index contributed by atoms with van der Waals surface area (Å²) in [7, 11) is 1.81. The quantitative estimate of drug-likeness (QED) is 0.403. The van der Waals surface area contributed by atoms with Gasteiger partial charge in [0.1, 0.15) is 0 Å². The molecular formula is C13H27NO2. The highest BCUT2D eigenvalue weighted by atomic mass is 16.5. The molecule has 0 bridgehead atoms. The zero-order chi connectivity index (χ0) is 12.2. The van der Waals surface area contributed by atoms with Crippen LogP contribution in [0.1, 0.15) is 46.0 Å². The lowest BCUT2D eigenvalue weighted by Gasteiger charge is -2.10. The number of ether oxygens (including phenoxy) is 1. The molecule has 0 spiro atoms. The van der Waals surface area contributed by atoms with E-state index in [0.29, 0.717) is 0 Å². The number of carbonyl (C=O) groups excluding carboxylic acids is 1. The smallest absolute Gasteiger partial charge is 0.209 e. The molecular weight excluding hydrogens is 202 g/mol. The molecule has 0 fully saturated rings. The normalized spacial score (nSPS) is 10.8. The Hall–Kier alpha value is -0.570. The molecule has 0 atom stereocenters. The molecule has 0 aliphatic heterocycles. The van der Waals surface area contributed by atoms with E-state index in [9.17, 15) is 4.79 Å². The van der Waals surface area contributed by atoms with Crippen molar-refractivity contribution in [3.63, 3.8) is 0 Å². The maximum Gasteiger partial charge on any atom is 0.209 e. The molecule has 96 valence electrons. The highest BCUT2D eigenvalue weighted by molar-refractivity contribution is 5.46. The summed E-state index contributed by atoms with van der Waals surface area (Å²) in [6.07, 6.45) is 6.68. The number of carbonyl (C=O) groups is 1. The lowest BCUT2D eigenvalue weighted by atomic mass is 10.1. The van der Waals surface area contributed by atoms with Gasteiger partial charge in [0, 0.05) is 26.8 Å². The average molecular weight is 229 g/mol. The third kappa shape index (κ3) is 11.5. The van der Waals surface area contributed by atoms with E-state index in [0.717, 1.165) is 44.9 Å². The number of unbranched alkanes of at least 4 members (excludes halogenated alkanes) is 2. The largest absolute Gasteiger partial charge is 0.381 e. The van der Waals surface area contributed by atoms with E-state index in [1.807, 2.05) is 0 Å². The Morgan fingerprint density at radius 2 is 1.75 bits per heavy atom. The third-order valence-corrected chi connectivity index (χ3v) is 2.55. The Morgan fingerprint density at radius 1 is 1.12 bits per heavy atom. The number of hydrogen-bond acceptors (Lipinski definition) is 2. The van der Waals surface area contributed by atoms with Crippen molar-refractivity contribution in [1.82, 2.24) is 4.90 Å². The third-order valence-electron chi connectivity index (χ3n) is 2.55. The molecule has 0 radical (unpaired) electrons. The van der Waals surface area contributed by atoms with Crippen molar-refractivity contribution in [2.45, 2.75) is 46.0 Å². The minimum atomic E-state index is 0.805. The molecule has 0 unspecified atom stereocenters. The van der Waals surface area contributed by atoms with E-state index >= 15 is 0 Å². The number of nitrogens with zero attached hydrogens (tertiary/aromatic N) is 1. The lowest BCUT2D eigenvalue weighted by Crippen LogP contribution is -2.17. The fourth-order valence-electron chi connectivity index (χ4n) is 1.48. The first kappa shape index (κ1) is 15.4. The SMILES string of the molecule is CC(C)CCCCOCCCCN(C)C=O. The van der Waals surface area contributed by atoms with Gasteiger partial charge in [0.25, 0.3) is 0 Å². The summed E-state index contributed by atoms with van der Waals surface area (Å²) in [6.45, 7) is 7.06. The maximum absolute atomic E-state index is 10.3. The summed E-state index contributed by atoms with van der Waals surface area (Å²) in [5.74, 6) is 0.805. The van der Waals surface area contributed by atoms with E-state index in [1.165, 1.54) is 19.3 Å². The molecule has 0 rings (SSSR count). The summed E-state index contributed by atoms with van der Waals surface area (Å²) in [4.78, 5) is 12.0. The number of hydrogen-bond donors (Lipinski definition) is 0. The van der Waals surface area contributed by atoms with Gasteiger partial charge in [-0.2, -0.15) is 0 Å². The van der Waals surface area contributed by atoms with Gasteiger partial charge in [0.05, 0.1) is 0 Å². The van der Waals surface area contributed by atoms with E-state index in [4.69, 9.17) is 4.74 Å². The first-order valence-corrected chi connectivity index (χ1v) is 6.40. The zero-order valence-corrected chi connectivity index (χ0v) is 11.1. The van der Waals surface area contributed by atoms with E-state index < -0.39 is 0 Å². The molecule has 0 aromatic carbocycles. The van der Waals surface area contributed by atoms with Crippen LogP contribution < -0.4 is 0 Å². The van der Waals surface area contributed by atoms with Gasteiger partial charge in [-0.25, -0.2) is 0 Å². The fraction of sp³-hybridized carbons (Fsp3) is 0.923. The Labute approximate surface area is 100 Å². The molecule has 16 heavy (non-hydrogen) atoms. The van der Waals surface area contributed by atoms with Gasteiger partial charge in [-0.1, -0.05) is 26.7 Å². The maximum atomic E-state index is 10.3. The molecule has 0 aliphatic carbocycles. The molecule has 0 heterocycles. The first-order chi connectivity index (χ1) is 7.66. The monoisotopic (exact) mass is 229 g/mol. The highest BCUT2D eigenvalue weighted by Crippen LogP contribution is 2.06. The van der Waals surface area contributed by atoms with E-state index in [2.05, 4.69) is 13.8 Å². The molecule has 3 heteroatoms. The standard InChI is InChI=1S/C13H27NO2/c1-13(2)8-4-6-10-16-11-7-5-9-14(3)12-15/h12-13H,4-11H2,1-3H3. The second-order valence-electron chi connectivity index (χ2n) is 4.80. The highest BCUT2D eigenvalue weighted by Gasteiger charge is 1.96. The van der Waals surface area contributed by atoms with Crippen LogP contribution in [0.2, 0.25) is 0 Å². The van der Waals surface area contributed by atoms with Gasteiger partial charge in [0.2, 0.25) is 6.41 Å². The van der Waals surface area contributed by atoms with E-state index in [-0.39, 0.29) is 0 Å². The molecule has 0 aromatic heterocycles. The molecule has 0 N–H and O–H groups in total. The summed E-state index contributed by atoms with van der Waals surface area (Å²) < 4.78 is 5.52. The summed E-state index contributed by atoms with van der Waals surface area (Å²) in [5.41, 5.74) is 0. The number of rotatable bonds is 11. The topological polar surface area (TPSA) is 29.5 Å². The Kier molecular flexibility index (Phi) is 10.5. The number of amides is 1. The fourth-order valence-corrected chi connectivity index (χ4v) is 1.48. The minimum Gasteiger partial charge on any atom is -0.381 e. The Morgan fingerprint density at radius 3 is 2.31 bits per heavy atom. The summed E-state index contributed by atoms with van der Waals surface area (Å²) >= 11 is 0. The predicted octanol–water partition coefficient (Wildman–Crippen LogP) is 2.70. The lowest BCUT2D eigenvalue weighted by molar-refractivity contribution is -0.117. The molecule has 1 amide bonds. The van der Waals surface area contributed by atoms with Crippen LogP contribution in [0.5, 0.6) is 0 Å². The molecule has 0 aromatic rings. The van der Waals surface area contributed by atoms with Gasteiger partial charge in [-0.15, -0.1) is 0 Å². The van der Waals surface area contributed by atoms with Crippen LogP contribution >= 0.6 is 0 Å². The van der Waals surface area contributed by atoms with Crippen LogP contribution in [0.25, 0.3) is 0 Å². The van der Waals surface area contributed by atoms with Gasteiger partial charge in [0.15, 0.2) is 0 Å². The van der Waals surface area contributed by atoms with Gasteiger partial charge in [-0.05, 0) is 25.2 Å². The van der Waals surface area contributed by atoms with Gasteiger partial charge in [-0.3, -0.25) is 4.79 Å². The molecule has 0 aliphatic rings. The predicted molar refractivity (Wildman–Crippen MR) is 67.4 cm³/mol. The second-order valence-corrected chi connectivity index (χ2v) is 4.80. The van der Waals surface area contributed by atoms with Crippen molar-refractivity contribution in [2.24, 2.45) is 5.92 Å². The van der Waals surface area contributed by atoms with Crippen molar-refractivity contribution in [2.75, 3.05) is 26.8 Å². The average Bonchev–Trinajstić information content (AvgIpc) is 2.26. The van der Waals surface area contributed by atoms with Crippen molar-refractivity contribution in [3.8, 4) is 0 Å². The molecule has 0 saturated heterocycles. The van der Waals surface area contributed by atoms with Crippen LogP contribution in [0.3, 0.4) is 0 Å². The molecule has 0 saturated carbocycles. The molecule has 3 nitrogen and oxygen atoms in total. The van der Waals surface area contributed by atoms with Gasteiger partial charge >= 0.3 is 0 Å². The Balaban J connectivity index is 3.01. The van der Waals surface area contributed by atoms with Crippen molar-refractivity contribution in [1.29, 1.82) is 0 Å². The van der Waals surface area contributed by atoms with Crippen molar-refractivity contribution < 1.29 is 9.53 Å². The Bertz CT molecular complexity index is 160.